The van der Waals surface area contributed by atoms with Crippen molar-refractivity contribution in [2.45, 2.75) is 71.9 Å². The van der Waals surface area contributed by atoms with Crippen molar-refractivity contribution in [3.8, 4) is 0 Å². The van der Waals surface area contributed by atoms with Crippen LogP contribution in [-0.4, -0.2) is 17.4 Å². The molecule has 0 radical (unpaired) electrons. The first-order valence-corrected chi connectivity index (χ1v) is 12.4. The van der Waals surface area contributed by atoms with Crippen molar-refractivity contribution in [3.63, 3.8) is 0 Å². The molecule has 5 heteroatoms. The summed E-state index contributed by atoms with van der Waals surface area (Å²) in [5.74, 6) is -0.340. The predicted octanol–water partition coefficient (Wildman–Crippen LogP) is 6.15. The first-order valence-electron chi connectivity index (χ1n) is 12.4. The number of rotatable bonds is 8. The minimum atomic E-state index is -1.02. The van der Waals surface area contributed by atoms with Gasteiger partial charge in [-0.1, -0.05) is 86.8 Å². The van der Waals surface area contributed by atoms with Gasteiger partial charge in [-0.3, -0.25) is 4.79 Å². The first kappa shape index (κ1) is 24.4. The topological polar surface area (TPSA) is 59.9 Å². The second kappa shape index (κ2) is 11.1. The second-order valence-electron chi connectivity index (χ2n) is 9.49. The summed E-state index contributed by atoms with van der Waals surface area (Å²) in [6, 6.07) is 20.2. The van der Waals surface area contributed by atoms with Crippen molar-refractivity contribution in [2.24, 2.45) is 16.8 Å². The number of amides is 1. The van der Waals surface area contributed by atoms with Crippen LogP contribution in [0.4, 0.5) is 0 Å². The van der Waals surface area contributed by atoms with Gasteiger partial charge in [0.2, 0.25) is 11.7 Å². The Morgan fingerprint density at radius 2 is 1.44 bits per heavy atom. The van der Waals surface area contributed by atoms with Crippen LogP contribution in [-0.2, 0) is 27.5 Å². The van der Waals surface area contributed by atoms with Crippen LogP contribution >= 0.6 is 0 Å². The van der Waals surface area contributed by atoms with E-state index in [4.69, 9.17) is 14.5 Å². The lowest BCUT2D eigenvalue weighted by molar-refractivity contribution is -0.224. The molecule has 1 amide bonds. The standard InChI is InChI=1S/C29H36N2O3/c1-21-22(2)29(33-19-24-13-7-4-8-14-24,34-20-25-15-9-5-10-16-25)23(3)30-27(21)31-28(32)26-17-11-6-12-18-26/h4-5,7-10,13-16,22,26H,6,11-12,17-20H2,1-3H3,(H,31,32). The zero-order valence-corrected chi connectivity index (χ0v) is 20.5. The van der Waals surface area contributed by atoms with Gasteiger partial charge < -0.3 is 14.8 Å². The summed E-state index contributed by atoms with van der Waals surface area (Å²) < 4.78 is 13.1. The van der Waals surface area contributed by atoms with Crippen LogP contribution in [0.2, 0.25) is 0 Å². The molecular formula is C29H36N2O3. The van der Waals surface area contributed by atoms with E-state index in [9.17, 15) is 4.79 Å². The monoisotopic (exact) mass is 460 g/mol. The largest absolute Gasteiger partial charge is 0.340 e. The molecule has 34 heavy (non-hydrogen) atoms. The number of nitrogens with zero attached hydrogens (tertiary/aromatic N) is 1. The highest BCUT2D eigenvalue weighted by Gasteiger charge is 2.46. The number of carbonyl (C=O) groups is 1. The zero-order chi connectivity index (χ0) is 24.0. The van der Waals surface area contributed by atoms with E-state index < -0.39 is 5.79 Å². The normalized spacial score (nSPS) is 20.7. The van der Waals surface area contributed by atoms with Gasteiger partial charge in [-0.05, 0) is 43.4 Å². The molecule has 2 aromatic rings. The third-order valence-electron chi connectivity index (χ3n) is 7.19. The molecule has 180 valence electrons. The summed E-state index contributed by atoms with van der Waals surface area (Å²) in [6.45, 7) is 6.86. The van der Waals surface area contributed by atoms with Gasteiger partial charge in [0.15, 0.2) is 0 Å². The van der Waals surface area contributed by atoms with Gasteiger partial charge in [0.1, 0.15) is 5.82 Å². The highest BCUT2D eigenvalue weighted by atomic mass is 16.7. The number of carbonyl (C=O) groups excluding carboxylic acids is 1. The highest BCUT2D eigenvalue weighted by Crippen LogP contribution is 2.38. The summed E-state index contributed by atoms with van der Waals surface area (Å²) >= 11 is 0. The molecular weight excluding hydrogens is 424 g/mol. The molecule has 2 aromatic carbocycles. The van der Waals surface area contributed by atoms with Crippen LogP contribution < -0.4 is 5.32 Å². The Balaban J connectivity index is 1.57. The molecule has 1 heterocycles. The van der Waals surface area contributed by atoms with E-state index in [1.54, 1.807) is 0 Å². The summed E-state index contributed by atoms with van der Waals surface area (Å²) in [7, 11) is 0. The molecule has 5 nitrogen and oxygen atoms in total. The number of hydrogen-bond donors (Lipinski definition) is 1. The van der Waals surface area contributed by atoms with Crippen molar-refractivity contribution in [3.05, 3.63) is 83.2 Å². The first-order chi connectivity index (χ1) is 16.5. The average molecular weight is 461 g/mol. The van der Waals surface area contributed by atoms with Gasteiger partial charge in [-0.2, -0.15) is 0 Å². The molecule has 1 unspecified atom stereocenters. The summed E-state index contributed by atoms with van der Waals surface area (Å²) in [4.78, 5) is 17.8. The maximum atomic E-state index is 12.9. The molecule has 1 aliphatic carbocycles. The fourth-order valence-electron chi connectivity index (χ4n) is 4.88. The van der Waals surface area contributed by atoms with E-state index in [1.165, 1.54) is 6.42 Å². The van der Waals surface area contributed by atoms with Crippen LogP contribution in [0.5, 0.6) is 0 Å². The van der Waals surface area contributed by atoms with Crippen molar-refractivity contribution >= 4 is 11.6 Å². The number of ether oxygens (including phenoxy) is 2. The molecule has 0 bridgehead atoms. The lowest BCUT2D eigenvalue weighted by Gasteiger charge is -2.42. The van der Waals surface area contributed by atoms with Crippen LogP contribution in [0.15, 0.2) is 77.1 Å². The molecule has 1 atom stereocenters. The third kappa shape index (κ3) is 5.48. The Labute approximate surface area is 203 Å². The Morgan fingerprint density at radius 3 is 1.97 bits per heavy atom. The lowest BCUT2D eigenvalue weighted by Crippen LogP contribution is -2.52. The molecule has 0 saturated heterocycles. The Bertz CT molecular complexity index is 980. The van der Waals surface area contributed by atoms with Crippen LogP contribution in [0.3, 0.4) is 0 Å². The van der Waals surface area contributed by atoms with E-state index >= 15 is 0 Å². The predicted molar refractivity (Wildman–Crippen MR) is 135 cm³/mol. The van der Waals surface area contributed by atoms with Crippen LogP contribution in [0, 0.1) is 11.8 Å². The third-order valence-corrected chi connectivity index (χ3v) is 7.19. The van der Waals surface area contributed by atoms with Gasteiger partial charge in [0.05, 0.1) is 18.9 Å². The van der Waals surface area contributed by atoms with Crippen molar-refractivity contribution in [1.82, 2.24) is 5.32 Å². The molecule has 1 aliphatic heterocycles. The van der Waals surface area contributed by atoms with E-state index in [0.29, 0.717) is 19.0 Å². The maximum absolute atomic E-state index is 12.9. The smallest absolute Gasteiger partial charge is 0.228 e. The molecule has 2 aliphatic rings. The second-order valence-corrected chi connectivity index (χ2v) is 9.49. The quantitative estimate of drug-likeness (QED) is 0.480. The van der Waals surface area contributed by atoms with Crippen LogP contribution in [0.25, 0.3) is 0 Å². The maximum Gasteiger partial charge on any atom is 0.228 e. The Kier molecular flexibility index (Phi) is 7.96. The van der Waals surface area contributed by atoms with Gasteiger partial charge in [0.25, 0.3) is 0 Å². The molecule has 0 aromatic heterocycles. The zero-order valence-electron chi connectivity index (χ0n) is 20.5. The molecule has 4 rings (SSSR count). The molecule has 1 fully saturated rings. The minimum Gasteiger partial charge on any atom is -0.340 e. The molecule has 1 saturated carbocycles. The van der Waals surface area contributed by atoms with Crippen LogP contribution in [0.1, 0.15) is 64.0 Å². The minimum absolute atomic E-state index is 0.0789. The summed E-state index contributed by atoms with van der Waals surface area (Å²) in [6.07, 6.45) is 5.39. The molecule has 1 N–H and O–H groups in total. The van der Waals surface area contributed by atoms with E-state index in [-0.39, 0.29) is 17.7 Å². The number of benzene rings is 2. The highest BCUT2D eigenvalue weighted by molar-refractivity contribution is 5.92. The van der Waals surface area contributed by atoms with Crippen molar-refractivity contribution < 1.29 is 14.3 Å². The van der Waals surface area contributed by atoms with Gasteiger partial charge in [-0.25, -0.2) is 4.99 Å². The lowest BCUT2D eigenvalue weighted by atomic mass is 9.86. The Morgan fingerprint density at radius 1 is 0.912 bits per heavy atom. The van der Waals surface area contributed by atoms with Crippen molar-refractivity contribution in [2.75, 3.05) is 0 Å². The number of aliphatic imine (C=N–C) groups is 1. The van der Waals surface area contributed by atoms with E-state index in [0.717, 1.165) is 48.1 Å². The van der Waals surface area contributed by atoms with E-state index in [1.807, 2.05) is 74.5 Å². The average Bonchev–Trinajstić information content (AvgIpc) is 2.88. The Hall–Kier alpha value is -2.76. The SMILES string of the molecule is CC1=NC(NC(=O)C2CCCCC2)=C(C)C(C)C1(OCc1ccccc1)OCc1ccccc1. The van der Waals surface area contributed by atoms with E-state index in [2.05, 4.69) is 12.2 Å². The number of hydrogen-bond acceptors (Lipinski definition) is 4. The molecule has 0 spiro atoms. The number of nitrogens with one attached hydrogen (secondary N) is 1. The van der Waals surface area contributed by atoms with Gasteiger partial charge in [-0.15, -0.1) is 0 Å². The van der Waals surface area contributed by atoms with Gasteiger partial charge >= 0.3 is 0 Å². The fourth-order valence-corrected chi connectivity index (χ4v) is 4.88. The summed E-state index contributed by atoms with van der Waals surface area (Å²) in [5.41, 5.74) is 3.83. The van der Waals surface area contributed by atoms with Crippen molar-refractivity contribution in [1.29, 1.82) is 0 Å². The summed E-state index contributed by atoms with van der Waals surface area (Å²) in [5, 5.41) is 3.13. The fraction of sp³-hybridized carbons (Fsp3) is 0.448. The van der Waals surface area contributed by atoms with Gasteiger partial charge in [0, 0.05) is 11.8 Å².